The van der Waals surface area contributed by atoms with E-state index in [1.807, 2.05) is 60.4 Å². The molecule has 1 amide bonds. The highest BCUT2D eigenvalue weighted by atomic mass is 32.2. The molecule has 0 aliphatic carbocycles. The second kappa shape index (κ2) is 12.2. The van der Waals surface area contributed by atoms with Crippen molar-refractivity contribution in [1.82, 2.24) is 4.90 Å². The number of piperazine rings is 1. The fourth-order valence-electron chi connectivity index (χ4n) is 5.29. The lowest BCUT2D eigenvalue weighted by Crippen LogP contribution is -2.46. The SMILES string of the molecule is CCS(=O)Nc1ccc2c(c1)N(C(=O)c1cccc(CN3CCN(c4ccccc4OC(C)C)CC3)c1)CC2. The van der Waals surface area contributed by atoms with E-state index in [9.17, 15) is 9.00 Å². The molecule has 1 saturated heterocycles. The molecule has 1 fully saturated rings. The van der Waals surface area contributed by atoms with Gasteiger partial charge in [-0.2, -0.15) is 0 Å². The van der Waals surface area contributed by atoms with Gasteiger partial charge >= 0.3 is 0 Å². The molecule has 0 saturated carbocycles. The number of anilines is 3. The van der Waals surface area contributed by atoms with Gasteiger partial charge in [0.15, 0.2) is 0 Å². The summed E-state index contributed by atoms with van der Waals surface area (Å²) < 4.78 is 21.0. The number of benzene rings is 3. The Morgan fingerprint density at radius 3 is 2.51 bits per heavy atom. The van der Waals surface area contributed by atoms with Crippen LogP contribution in [0.3, 0.4) is 0 Å². The third-order valence-corrected chi connectivity index (χ3v) is 8.23. The molecule has 0 spiro atoms. The Labute approximate surface area is 234 Å². The quantitative estimate of drug-likeness (QED) is 0.405. The number of para-hydroxylation sites is 2. The molecule has 1 N–H and O–H groups in total. The molecule has 2 aliphatic rings. The van der Waals surface area contributed by atoms with Crippen LogP contribution in [-0.2, 0) is 24.0 Å². The summed E-state index contributed by atoms with van der Waals surface area (Å²) in [5, 5.41) is 0. The minimum Gasteiger partial charge on any atom is -0.489 e. The summed E-state index contributed by atoms with van der Waals surface area (Å²) in [6.07, 6.45) is 0.967. The molecule has 0 radical (unpaired) electrons. The first-order chi connectivity index (χ1) is 18.9. The van der Waals surface area contributed by atoms with Gasteiger partial charge in [0, 0.05) is 62.0 Å². The summed E-state index contributed by atoms with van der Waals surface area (Å²) in [6, 6.07) is 22.2. The molecule has 7 nitrogen and oxygen atoms in total. The summed E-state index contributed by atoms with van der Waals surface area (Å²) in [7, 11) is -1.12. The molecule has 0 aromatic heterocycles. The number of amides is 1. The van der Waals surface area contributed by atoms with Crippen molar-refractivity contribution in [3.8, 4) is 5.75 Å². The van der Waals surface area contributed by atoms with Crippen molar-refractivity contribution in [1.29, 1.82) is 0 Å². The Morgan fingerprint density at radius 1 is 0.949 bits per heavy atom. The molecular formula is C31H38N4O3S. The highest BCUT2D eigenvalue weighted by Gasteiger charge is 2.27. The average molecular weight is 547 g/mol. The van der Waals surface area contributed by atoms with Crippen molar-refractivity contribution in [2.24, 2.45) is 0 Å². The van der Waals surface area contributed by atoms with Crippen LogP contribution in [0.1, 0.15) is 42.3 Å². The molecule has 5 rings (SSSR count). The maximum Gasteiger partial charge on any atom is 0.258 e. The normalized spacial score (nSPS) is 16.3. The number of rotatable bonds is 9. The van der Waals surface area contributed by atoms with Crippen LogP contribution in [-0.4, -0.2) is 59.6 Å². The van der Waals surface area contributed by atoms with E-state index in [4.69, 9.17) is 4.74 Å². The van der Waals surface area contributed by atoms with Crippen molar-refractivity contribution in [2.45, 2.75) is 39.8 Å². The number of nitrogens with one attached hydrogen (secondary N) is 1. The summed E-state index contributed by atoms with van der Waals surface area (Å²) in [5.41, 5.74) is 5.83. The first kappa shape index (κ1) is 27.2. The Bertz CT molecular complexity index is 1340. The second-order valence-electron chi connectivity index (χ2n) is 10.4. The van der Waals surface area contributed by atoms with Gasteiger partial charge in [-0.15, -0.1) is 0 Å². The van der Waals surface area contributed by atoms with E-state index in [0.717, 1.165) is 73.1 Å². The van der Waals surface area contributed by atoms with E-state index in [-0.39, 0.29) is 12.0 Å². The number of ether oxygens (including phenoxy) is 1. The predicted octanol–water partition coefficient (Wildman–Crippen LogP) is 5.09. The zero-order chi connectivity index (χ0) is 27.4. The fourth-order valence-corrected chi connectivity index (χ4v) is 5.83. The van der Waals surface area contributed by atoms with E-state index < -0.39 is 11.0 Å². The van der Waals surface area contributed by atoms with Crippen LogP contribution in [0.2, 0.25) is 0 Å². The molecule has 39 heavy (non-hydrogen) atoms. The van der Waals surface area contributed by atoms with Gasteiger partial charge in [-0.05, 0) is 67.8 Å². The monoisotopic (exact) mass is 546 g/mol. The van der Waals surface area contributed by atoms with Crippen molar-refractivity contribution < 1.29 is 13.7 Å². The van der Waals surface area contributed by atoms with Crippen LogP contribution >= 0.6 is 0 Å². The van der Waals surface area contributed by atoms with E-state index in [0.29, 0.717) is 17.9 Å². The standard InChI is InChI=1S/C31H38N4O3S/c1-4-39(37)32-27-13-12-25-14-15-35(29(25)21-27)31(36)26-9-7-8-24(20-26)22-33-16-18-34(19-17-33)28-10-5-6-11-30(28)38-23(2)3/h5-13,20-21,23,32H,4,14-19,22H2,1-3H3. The molecule has 206 valence electrons. The summed E-state index contributed by atoms with van der Waals surface area (Å²) >= 11 is 0. The summed E-state index contributed by atoms with van der Waals surface area (Å²) in [4.78, 5) is 20.3. The molecule has 3 aromatic carbocycles. The average Bonchev–Trinajstić information content (AvgIpc) is 3.36. The third-order valence-electron chi connectivity index (χ3n) is 7.24. The number of hydrogen-bond donors (Lipinski definition) is 1. The molecule has 1 unspecified atom stereocenters. The largest absolute Gasteiger partial charge is 0.489 e. The van der Waals surface area contributed by atoms with E-state index in [2.05, 4.69) is 46.6 Å². The lowest BCUT2D eigenvalue weighted by Gasteiger charge is -2.37. The number of carbonyl (C=O) groups excluding carboxylic acids is 1. The van der Waals surface area contributed by atoms with Gasteiger partial charge in [-0.1, -0.05) is 37.3 Å². The van der Waals surface area contributed by atoms with Gasteiger partial charge in [-0.25, -0.2) is 4.21 Å². The molecule has 0 bridgehead atoms. The first-order valence-corrected chi connectivity index (χ1v) is 15.1. The molecule has 2 aliphatic heterocycles. The third kappa shape index (κ3) is 6.45. The summed E-state index contributed by atoms with van der Waals surface area (Å²) in [5.74, 6) is 1.48. The lowest BCUT2D eigenvalue weighted by molar-refractivity contribution is 0.0989. The van der Waals surface area contributed by atoms with Crippen LogP contribution in [0.15, 0.2) is 66.7 Å². The minimum atomic E-state index is -1.12. The van der Waals surface area contributed by atoms with Gasteiger partial charge in [-0.3, -0.25) is 9.69 Å². The number of nitrogens with zero attached hydrogens (tertiary/aromatic N) is 3. The van der Waals surface area contributed by atoms with Gasteiger partial charge in [0.05, 0.1) is 11.8 Å². The van der Waals surface area contributed by atoms with E-state index >= 15 is 0 Å². The molecule has 1 atom stereocenters. The van der Waals surface area contributed by atoms with Crippen molar-refractivity contribution in [3.05, 3.63) is 83.4 Å². The van der Waals surface area contributed by atoms with Crippen LogP contribution < -0.4 is 19.3 Å². The highest BCUT2D eigenvalue weighted by molar-refractivity contribution is 7.86. The Hall–Kier alpha value is -3.36. The molecule has 3 aromatic rings. The van der Waals surface area contributed by atoms with Crippen LogP contribution in [0.5, 0.6) is 5.75 Å². The van der Waals surface area contributed by atoms with Gasteiger partial charge < -0.3 is 19.3 Å². The number of fused-ring (bicyclic) bond motifs is 1. The van der Waals surface area contributed by atoms with Gasteiger partial charge in [0.2, 0.25) is 0 Å². The first-order valence-electron chi connectivity index (χ1n) is 13.8. The highest BCUT2D eigenvalue weighted by Crippen LogP contribution is 2.33. The van der Waals surface area contributed by atoms with Crippen LogP contribution in [0.25, 0.3) is 0 Å². The van der Waals surface area contributed by atoms with Gasteiger partial charge in [0.1, 0.15) is 16.7 Å². The topological polar surface area (TPSA) is 65.1 Å². The second-order valence-corrected chi connectivity index (χ2v) is 11.9. The van der Waals surface area contributed by atoms with Gasteiger partial charge in [0.25, 0.3) is 5.91 Å². The zero-order valence-corrected chi connectivity index (χ0v) is 23.9. The minimum absolute atomic E-state index is 0.0101. The maximum absolute atomic E-state index is 13.6. The molecule has 2 heterocycles. The van der Waals surface area contributed by atoms with Crippen molar-refractivity contribution in [2.75, 3.05) is 53.0 Å². The number of carbonyl (C=O) groups is 1. The predicted molar refractivity (Wildman–Crippen MR) is 160 cm³/mol. The Balaban J connectivity index is 1.23. The number of hydrogen-bond acceptors (Lipinski definition) is 5. The fraction of sp³-hybridized carbons (Fsp3) is 0.387. The van der Waals surface area contributed by atoms with Crippen LogP contribution in [0.4, 0.5) is 17.1 Å². The molecular weight excluding hydrogens is 508 g/mol. The van der Waals surface area contributed by atoms with Crippen LogP contribution in [0, 0.1) is 0 Å². The van der Waals surface area contributed by atoms with E-state index in [1.165, 1.54) is 0 Å². The smallest absolute Gasteiger partial charge is 0.258 e. The lowest BCUT2D eigenvalue weighted by atomic mass is 10.1. The Morgan fingerprint density at radius 2 is 1.74 bits per heavy atom. The molecule has 8 heteroatoms. The van der Waals surface area contributed by atoms with Crippen molar-refractivity contribution >= 4 is 34.0 Å². The van der Waals surface area contributed by atoms with Crippen molar-refractivity contribution in [3.63, 3.8) is 0 Å². The maximum atomic E-state index is 13.6. The summed E-state index contributed by atoms with van der Waals surface area (Å²) in [6.45, 7) is 11.2. The Kier molecular flexibility index (Phi) is 8.53. The zero-order valence-electron chi connectivity index (χ0n) is 23.1. The van der Waals surface area contributed by atoms with E-state index in [1.54, 1.807) is 0 Å².